The number of carbonyl (C=O) groups is 2. The molecule has 2 amide bonds. The number of fused-ring (bicyclic) bond motifs is 1. The average molecular weight is 342 g/mol. The number of rotatable bonds is 6. The van der Waals surface area contributed by atoms with Crippen molar-refractivity contribution in [3.8, 4) is 0 Å². The summed E-state index contributed by atoms with van der Waals surface area (Å²) < 4.78 is 2.33. The number of aromatic nitrogens is 1. The third-order valence-corrected chi connectivity index (χ3v) is 5.05. The highest BCUT2D eigenvalue weighted by Crippen LogP contribution is 2.34. The molecule has 2 N–H and O–H groups in total. The lowest BCUT2D eigenvalue weighted by molar-refractivity contribution is -0.120. The van der Waals surface area contributed by atoms with Crippen LogP contribution in [0.4, 0.5) is 5.69 Å². The van der Waals surface area contributed by atoms with E-state index in [1.54, 1.807) is 11.9 Å². The van der Waals surface area contributed by atoms with Crippen LogP contribution in [0, 0.1) is 6.92 Å². The fourth-order valence-electron chi connectivity index (χ4n) is 3.68. The molecule has 1 aliphatic heterocycles. The molecule has 0 saturated carbocycles. The minimum atomic E-state index is -0.0658. The normalized spacial score (nSPS) is 15.3. The Morgan fingerprint density at radius 2 is 2.12 bits per heavy atom. The number of nitrogens with zero attached hydrogens (tertiary/aromatic N) is 2. The van der Waals surface area contributed by atoms with E-state index in [1.165, 1.54) is 0 Å². The smallest absolute Gasteiger partial charge is 0.221 e. The first-order valence-electron chi connectivity index (χ1n) is 8.89. The quantitative estimate of drug-likeness (QED) is 0.789. The third kappa shape index (κ3) is 3.54. The van der Waals surface area contributed by atoms with Gasteiger partial charge in [-0.3, -0.25) is 9.59 Å². The summed E-state index contributed by atoms with van der Waals surface area (Å²) >= 11 is 0. The third-order valence-electron chi connectivity index (χ3n) is 5.05. The summed E-state index contributed by atoms with van der Waals surface area (Å²) in [5.41, 5.74) is 3.10. The number of benzene rings is 1. The summed E-state index contributed by atoms with van der Waals surface area (Å²) in [7, 11) is 1.61. The highest BCUT2D eigenvalue weighted by atomic mass is 16.2. The van der Waals surface area contributed by atoms with Gasteiger partial charge in [-0.05, 0) is 50.6 Å². The largest absolute Gasteiger partial charge is 0.359 e. The molecule has 25 heavy (non-hydrogen) atoms. The summed E-state index contributed by atoms with van der Waals surface area (Å²) in [6, 6.07) is 6.78. The molecule has 2 heterocycles. The average Bonchev–Trinajstić information content (AvgIpc) is 3.08. The van der Waals surface area contributed by atoms with Crippen LogP contribution in [-0.2, 0) is 9.59 Å². The maximum absolute atomic E-state index is 11.7. The van der Waals surface area contributed by atoms with Crippen LogP contribution in [0.3, 0.4) is 0 Å². The Bertz CT molecular complexity index is 762. The van der Waals surface area contributed by atoms with Gasteiger partial charge in [0.1, 0.15) is 0 Å². The second-order valence-electron chi connectivity index (χ2n) is 6.59. The van der Waals surface area contributed by atoms with Gasteiger partial charge in [-0.25, -0.2) is 0 Å². The Hall–Kier alpha value is -2.34. The van der Waals surface area contributed by atoms with Crippen molar-refractivity contribution >= 4 is 28.9 Å². The molecule has 0 bridgehead atoms. The van der Waals surface area contributed by atoms with Crippen molar-refractivity contribution in [2.75, 3.05) is 31.6 Å². The Labute approximate surface area is 148 Å². The first kappa shape index (κ1) is 17.5. The van der Waals surface area contributed by atoms with Crippen LogP contribution in [0.2, 0.25) is 0 Å². The van der Waals surface area contributed by atoms with E-state index in [0.717, 1.165) is 54.5 Å². The molecule has 1 saturated heterocycles. The lowest BCUT2D eigenvalue weighted by Gasteiger charge is -2.26. The first-order chi connectivity index (χ1) is 12.2. The van der Waals surface area contributed by atoms with E-state index in [4.69, 9.17) is 0 Å². The Kier molecular flexibility index (Phi) is 5.38. The standard InChI is InChI=1S/C19H26N4O2/c1-14-3-4-17-16(7-12-23(17)15-5-9-21-10-6-15)19(14)22(13-24)11-8-18(25)20-2/h3-4,7,12-13,15,21H,5-6,8-11H2,1-2H3,(H,20,25). The van der Waals surface area contributed by atoms with Crippen molar-refractivity contribution in [2.45, 2.75) is 32.2 Å². The predicted molar refractivity (Wildman–Crippen MR) is 99.9 cm³/mol. The molecule has 1 fully saturated rings. The van der Waals surface area contributed by atoms with Crippen molar-refractivity contribution < 1.29 is 9.59 Å². The molecule has 1 aromatic heterocycles. The number of anilines is 1. The number of piperidine rings is 1. The van der Waals surface area contributed by atoms with E-state index in [1.807, 2.05) is 6.92 Å². The molecule has 0 spiro atoms. The minimum absolute atomic E-state index is 0.0658. The zero-order chi connectivity index (χ0) is 17.8. The lowest BCUT2D eigenvalue weighted by Crippen LogP contribution is -2.29. The maximum atomic E-state index is 11.7. The predicted octanol–water partition coefficient (Wildman–Crippen LogP) is 1.97. The van der Waals surface area contributed by atoms with Gasteiger partial charge in [0.25, 0.3) is 0 Å². The summed E-state index contributed by atoms with van der Waals surface area (Å²) in [5.74, 6) is -0.0658. The van der Waals surface area contributed by atoms with Gasteiger partial charge in [0.2, 0.25) is 12.3 Å². The lowest BCUT2D eigenvalue weighted by atomic mass is 10.1. The zero-order valence-corrected chi connectivity index (χ0v) is 14.9. The molecule has 0 radical (unpaired) electrons. The monoisotopic (exact) mass is 342 g/mol. The van der Waals surface area contributed by atoms with Crippen LogP contribution < -0.4 is 15.5 Å². The number of aryl methyl sites for hydroxylation is 1. The molecule has 3 rings (SSSR count). The molecule has 2 aromatic rings. The van der Waals surface area contributed by atoms with Gasteiger partial charge in [0.05, 0.1) is 11.2 Å². The van der Waals surface area contributed by atoms with Gasteiger partial charge in [-0.1, -0.05) is 6.07 Å². The van der Waals surface area contributed by atoms with Crippen molar-refractivity contribution in [2.24, 2.45) is 0 Å². The summed E-state index contributed by atoms with van der Waals surface area (Å²) in [5, 5.41) is 7.07. The second-order valence-corrected chi connectivity index (χ2v) is 6.59. The number of hydrogen-bond donors (Lipinski definition) is 2. The first-order valence-corrected chi connectivity index (χ1v) is 8.89. The summed E-state index contributed by atoms with van der Waals surface area (Å²) in [6.45, 7) is 4.46. The highest BCUT2D eigenvalue weighted by Gasteiger charge is 2.20. The zero-order valence-electron chi connectivity index (χ0n) is 14.9. The summed E-state index contributed by atoms with van der Waals surface area (Å²) in [6.07, 6.45) is 5.47. The van der Waals surface area contributed by atoms with E-state index in [0.29, 0.717) is 19.0 Å². The fraction of sp³-hybridized carbons (Fsp3) is 0.474. The van der Waals surface area contributed by atoms with E-state index in [9.17, 15) is 9.59 Å². The second kappa shape index (κ2) is 7.70. The van der Waals surface area contributed by atoms with Gasteiger partial charge in [-0.2, -0.15) is 0 Å². The van der Waals surface area contributed by atoms with E-state index in [2.05, 4.69) is 39.6 Å². The molecule has 0 unspecified atom stereocenters. The Morgan fingerprint density at radius 1 is 1.36 bits per heavy atom. The van der Waals surface area contributed by atoms with E-state index < -0.39 is 0 Å². The summed E-state index contributed by atoms with van der Waals surface area (Å²) in [4.78, 5) is 24.9. The molecule has 6 nitrogen and oxygen atoms in total. The Morgan fingerprint density at radius 3 is 2.80 bits per heavy atom. The van der Waals surface area contributed by atoms with Crippen LogP contribution >= 0.6 is 0 Å². The fourth-order valence-corrected chi connectivity index (χ4v) is 3.68. The van der Waals surface area contributed by atoms with E-state index >= 15 is 0 Å². The molecule has 1 aromatic carbocycles. The number of nitrogens with one attached hydrogen (secondary N) is 2. The molecule has 6 heteroatoms. The molecular formula is C19H26N4O2. The van der Waals surface area contributed by atoms with Crippen LogP contribution in [0.5, 0.6) is 0 Å². The number of amides is 2. The molecular weight excluding hydrogens is 316 g/mol. The van der Waals surface area contributed by atoms with Gasteiger partial charge < -0.3 is 20.1 Å². The van der Waals surface area contributed by atoms with Gasteiger partial charge >= 0.3 is 0 Å². The van der Waals surface area contributed by atoms with Gasteiger partial charge in [0.15, 0.2) is 0 Å². The van der Waals surface area contributed by atoms with E-state index in [-0.39, 0.29) is 5.91 Å². The molecule has 1 aliphatic rings. The van der Waals surface area contributed by atoms with Gasteiger partial charge in [0, 0.05) is 37.6 Å². The Balaban J connectivity index is 1.96. The van der Waals surface area contributed by atoms with Crippen molar-refractivity contribution in [1.82, 2.24) is 15.2 Å². The van der Waals surface area contributed by atoms with Gasteiger partial charge in [-0.15, -0.1) is 0 Å². The van der Waals surface area contributed by atoms with Crippen LogP contribution in [-0.4, -0.2) is 43.6 Å². The van der Waals surface area contributed by atoms with Crippen molar-refractivity contribution in [3.05, 3.63) is 30.0 Å². The molecule has 0 aliphatic carbocycles. The minimum Gasteiger partial charge on any atom is -0.359 e. The number of carbonyl (C=O) groups excluding carboxylic acids is 2. The van der Waals surface area contributed by atoms with Crippen LogP contribution in [0.15, 0.2) is 24.4 Å². The highest BCUT2D eigenvalue weighted by molar-refractivity contribution is 5.99. The molecule has 0 atom stereocenters. The number of hydrogen-bond acceptors (Lipinski definition) is 3. The SMILES string of the molecule is CNC(=O)CCN(C=O)c1c(C)ccc2c1ccn2C1CCNCC1. The van der Waals surface area contributed by atoms with Crippen LogP contribution in [0.25, 0.3) is 10.9 Å². The van der Waals surface area contributed by atoms with Crippen LogP contribution in [0.1, 0.15) is 30.9 Å². The molecule has 134 valence electrons. The topological polar surface area (TPSA) is 66.4 Å². The van der Waals surface area contributed by atoms with Crippen molar-refractivity contribution in [1.29, 1.82) is 0 Å². The maximum Gasteiger partial charge on any atom is 0.221 e. The van der Waals surface area contributed by atoms with Crippen molar-refractivity contribution in [3.63, 3.8) is 0 Å².